The molecular formula is C17H22BrN3O2S. The SMILES string of the molecule is CCN(C1CCN(c2ccc3cc(Br)ccc3n2)CC1)S(C)(=O)=O. The number of hydrogen-bond donors (Lipinski definition) is 0. The minimum Gasteiger partial charge on any atom is -0.356 e. The Labute approximate surface area is 151 Å². The van der Waals surface area contributed by atoms with Gasteiger partial charge in [-0.3, -0.25) is 0 Å². The smallest absolute Gasteiger partial charge is 0.211 e. The molecule has 1 fully saturated rings. The van der Waals surface area contributed by atoms with Crippen molar-refractivity contribution in [3.8, 4) is 0 Å². The molecule has 0 radical (unpaired) electrons. The highest BCUT2D eigenvalue weighted by Gasteiger charge is 2.29. The maximum absolute atomic E-state index is 11.9. The zero-order chi connectivity index (χ0) is 17.3. The second-order valence-corrected chi connectivity index (χ2v) is 9.04. The number of anilines is 1. The summed E-state index contributed by atoms with van der Waals surface area (Å²) in [5.41, 5.74) is 0.976. The van der Waals surface area contributed by atoms with Crippen molar-refractivity contribution in [1.29, 1.82) is 0 Å². The van der Waals surface area contributed by atoms with Crippen LogP contribution in [0, 0.1) is 0 Å². The molecule has 130 valence electrons. The molecule has 0 aliphatic carbocycles. The van der Waals surface area contributed by atoms with Crippen LogP contribution in [0.5, 0.6) is 0 Å². The number of benzene rings is 1. The van der Waals surface area contributed by atoms with E-state index in [0.29, 0.717) is 6.54 Å². The first-order chi connectivity index (χ1) is 11.4. The normalized spacial score (nSPS) is 16.9. The molecule has 5 nitrogen and oxygen atoms in total. The molecule has 2 heterocycles. The van der Waals surface area contributed by atoms with E-state index in [1.807, 2.05) is 25.1 Å². The van der Waals surface area contributed by atoms with Crippen LogP contribution < -0.4 is 4.90 Å². The third kappa shape index (κ3) is 3.73. The van der Waals surface area contributed by atoms with Crippen LogP contribution in [0.3, 0.4) is 0 Å². The molecule has 0 atom stereocenters. The quantitative estimate of drug-likeness (QED) is 0.774. The Morgan fingerprint density at radius 1 is 1.25 bits per heavy atom. The molecule has 0 amide bonds. The molecule has 0 spiro atoms. The second-order valence-electron chi connectivity index (χ2n) is 6.19. The zero-order valence-electron chi connectivity index (χ0n) is 13.9. The molecule has 24 heavy (non-hydrogen) atoms. The van der Waals surface area contributed by atoms with Crippen LogP contribution in [0.25, 0.3) is 10.9 Å². The van der Waals surface area contributed by atoms with Gasteiger partial charge in [0.2, 0.25) is 10.0 Å². The summed E-state index contributed by atoms with van der Waals surface area (Å²) in [6, 6.07) is 10.3. The van der Waals surface area contributed by atoms with Crippen LogP contribution in [0.1, 0.15) is 19.8 Å². The van der Waals surface area contributed by atoms with Crippen molar-refractivity contribution in [3.05, 3.63) is 34.8 Å². The molecule has 1 aromatic heterocycles. The van der Waals surface area contributed by atoms with Crippen molar-refractivity contribution in [3.63, 3.8) is 0 Å². The van der Waals surface area contributed by atoms with Gasteiger partial charge in [0.05, 0.1) is 11.8 Å². The lowest BCUT2D eigenvalue weighted by Crippen LogP contribution is -2.47. The van der Waals surface area contributed by atoms with Crippen molar-refractivity contribution < 1.29 is 8.42 Å². The minimum atomic E-state index is -3.13. The van der Waals surface area contributed by atoms with E-state index in [4.69, 9.17) is 4.98 Å². The summed E-state index contributed by atoms with van der Waals surface area (Å²) >= 11 is 3.48. The number of rotatable bonds is 4. The molecule has 1 aromatic carbocycles. The number of sulfonamides is 1. The van der Waals surface area contributed by atoms with E-state index in [2.05, 4.69) is 33.0 Å². The van der Waals surface area contributed by atoms with Crippen LogP contribution >= 0.6 is 15.9 Å². The lowest BCUT2D eigenvalue weighted by atomic mass is 10.0. The Morgan fingerprint density at radius 2 is 1.96 bits per heavy atom. The van der Waals surface area contributed by atoms with E-state index in [1.54, 1.807) is 4.31 Å². The van der Waals surface area contributed by atoms with E-state index in [1.165, 1.54) is 6.26 Å². The highest BCUT2D eigenvalue weighted by molar-refractivity contribution is 9.10. The number of piperidine rings is 1. The molecule has 1 saturated heterocycles. The fourth-order valence-electron chi connectivity index (χ4n) is 3.41. The van der Waals surface area contributed by atoms with E-state index in [-0.39, 0.29) is 6.04 Å². The van der Waals surface area contributed by atoms with E-state index in [9.17, 15) is 8.42 Å². The summed E-state index contributed by atoms with van der Waals surface area (Å²) in [5.74, 6) is 0.964. The van der Waals surface area contributed by atoms with Crippen molar-refractivity contribution in [2.75, 3.05) is 30.8 Å². The standard InChI is InChI=1S/C17H22BrN3O2S/c1-3-21(24(2,22)23)15-8-10-20(11-9-15)17-7-4-13-12-14(18)5-6-16(13)19-17/h4-7,12,15H,3,8-11H2,1-2H3. The molecular weight excluding hydrogens is 390 g/mol. The molecule has 0 unspecified atom stereocenters. The zero-order valence-corrected chi connectivity index (χ0v) is 16.3. The fourth-order valence-corrected chi connectivity index (χ4v) is 5.01. The molecule has 1 aliphatic heterocycles. The number of fused-ring (bicyclic) bond motifs is 1. The highest BCUT2D eigenvalue weighted by atomic mass is 79.9. The summed E-state index contributed by atoms with van der Waals surface area (Å²) < 4.78 is 26.4. The topological polar surface area (TPSA) is 53.5 Å². The van der Waals surface area contributed by atoms with Gasteiger partial charge in [-0.05, 0) is 43.2 Å². The Kier molecular flexibility index (Phi) is 5.13. The first kappa shape index (κ1) is 17.6. The Bertz CT molecular complexity index is 833. The monoisotopic (exact) mass is 411 g/mol. The van der Waals surface area contributed by atoms with E-state index >= 15 is 0 Å². The average Bonchev–Trinajstić information content (AvgIpc) is 2.54. The predicted octanol–water partition coefficient (Wildman–Crippen LogP) is 3.25. The van der Waals surface area contributed by atoms with E-state index in [0.717, 1.165) is 47.1 Å². The van der Waals surface area contributed by atoms with E-state index < -0.39 is 10.0 Å². The molecule has 0 saturated carbocycles. The van der Waals surface area contributed by atoms with Gasteiger partial charge in [0.25, 0.3) is 0 Å². The average molecular weight is 412 g/mol. The highest BCUT2D eigenvalue weighted by Crippen LogP contribution is 2.25. The summed E-state index contributed by atoms with van der Waals surface area (Å²) in [6.07, 6.45) is 2.97. The van der Waals surface area contributed by atoms with Crippen molar-refractivity contribution in [1.82, 2.24) is 9.29 Å². The lowest BCUT2D eigenvalue weighted by Gasteiger charge is -2.37. The van der Waals surface area contributed by atoms with Gasteiger partial charge in [-0.1, -0.05) is 22.9 Å². The molecule has 0 bridgehead atoms. The van der Waals surface area contributed by atoms with Crippen LogP contribution in [0.4, 0.5) is 5.82 Å². The van der Waals surface area contributed by atoms with Crippen LogP contribution in [-0.4, -0.2) is 49.6 Å². The number of nitrogens with zero attached hydrogens (tertiary/aromatic N) is 3. The van der Waals surface area contributed by atoms with Gasteiger partial charge < -0.3 is 4.90 Å². The van der Waals surface area contributed by atoms with Gasteiger partial charge in [0.15, 0.2) is 0 Å². The molecule has 7 heteroatoms. The third-order valence-corrected chi connectivity index (χ3v) is 6.47. The summed E-state index contributed by atoms with van der Waals surface area (Å²) in [7, 11) is -3.13. The molecule has 0 N–H and O–H groups in total. The predicted molar refractivity (Wildman–Crippen MR) is 102 cm³/mol. The van der Waals surface area contributed by atoms with Gasteiger partial charge in [-0.25, -0.2) is 13.4 Å². The Hall–Kier alpha value is -1.18. The first-order valence-electron chi connectivity index (χ1n) is 8.16. The first-order valence-corrected chi connectivity index (χ1v) is 10.8. The van der Waals surface area contributed by atoms with Crippen LogP contribution in [0.15, 0.2) is 34.8 Å². The summed E-state index contributed by atoms with van der Waals surface area (Å²) in [6.45, 7) is 4.08. The maximum Gasteiger partial charge on any atom is 0.211 e. The van der Waals surface area contributed by atoms with Gasteiger partial charge in [-0.15, -0.1) is 0 Å². The van der Waals surface area contributed by atoms with Crippen molar-refractivity contribution in [2.24, 2.45) is 0 Å². The Balaban J connectivity index is 1.74. The number of halogens is 1. The van der Waals surface area contributed by atoms with Crippen molar-refractivity contribution >= 4 is 42.7 Å². The third-order valence-electron chi connectivity index (χ3n) is 4.57. The minimum absolute atomic E-state index is 0.0951. The van der Waals surface area contributed by atoms with Gasteiger partial charge >= 0.3 is 0 Å². The maximum atomic E-state index is 11.9. The van der Waals surface area contributed by atoms with Gasteiger partial charge in [0.1, 0.15) is 5.82 Å². The van der Waals surface area contributed by atoms with Crippen LogP contribution in [0.2, 0.25) is 0 Å². The van der Waals surface area contributed by atoms with Crippen molar-refractivity contribution in [2.45, 2.75) is 25.8 Å². The van der Waals surface area contributed by atoms with Gasteiger partial charge in [-0.2, -0.15) is 4.31 Å². The fraction of sp³-hybridized carbons (Fsp3) is 0.471. The molecule has 1 aliphatic rings. The number of aromatic nitrogens is 1. The number of hydrogen-bond acceptors (Lipinski definition) is 4. The van der Waals surface area contributed by atoms with Crippen LogP contribution in [-0.2, 0) is 10.0 Å². The molecule has 3 rings (SSSR count). The summed E-state index contributed by atoms with van der Waals surface area (Å²) in [5, 5.41) is 1.11. The van der Waals surface area contributed by atoms with Gasteiger partial charge in [0, 0.05) is 35.5 Å². The number of pyridine rings is 1. The lowest BCUT2D eigenvalue weighted by molar-refractivity contribution is 0.285. The Morgan fingerprint density at radius 3 is 2.58 bits per heavy atom. The second kappa shape index (κ2) is 6.98. The molecule has 2 aromatic rings. The largest absolute Gasteiger partial charge is 0.356 e. The summed E-state index contributed by atoms with van der Waals surface area (Å²) in [4.78, 5) is 7.00.